The molecule has 1 aromatic carbocycles. The van der Waals surface area contributed by atoms with Crippen LogP contribution in [-0.2, 0) is 4.74 Å². The second kappa shape index (κ2) is 10.3. The lowest BCUT2D eigenvalue weighted by molar-refractivity contribution is 0.0589. The van der Waals surface area contributed by atoms with E-state index in [2.05, 4.69) is 32.6 Å². The van der Waals surface area contributed by atoms with E-state index in [1.54, 1.807) is 24.3 Å². The fraction of sp³-hybridized carbons (Fsp3) is 0.632. The highest BCUT2D eigenvalue weighted by atomic mass is 16.5. The van der Waals surface area contributed by atoms with Crippen molar-refractivity contribution in [3.05, 3.63) is 29.8 Å². The van der Waals surface area contributed by atoms with Gasteiger partial charge in [-0.3, -0.25) is 0 Å². The van der Waals surface area contributed by atoms with Gasteiger partial charge in [-0.2, -0.15) is 0 Å². The van der Waals surface area contributed by atoms with Gasteiger partial charge >= 0.3 is 5.97 Å². The number of rotatable bonds is 10. The van der Waals surface area contributed by atoms with Gasteiger partial charge in [0, 0.05) is 19.6 Å². The predicted octanol–water partition coefficient (Wildman–Crippen LogP) is 2.83. The van der Waals surface area contributed by atoms with Crippen LogP contribution in [-0.4, -0.2) is 55.4 Å². The van der Waals surface area contributed by atoms with Gasteiger partial charge in [-0.25, -0.2) is 4.79 Å². The van der Waals surface area contributed by atoms with Crippen molar-refractivity contribution in [2.45, 2.75) is 33.8 Å². The molecule has 136 valence electrons. The van der Waals surface area contributed by atoms with Crippen molar-refractivity contribution >= 4 is 5.97 Å². The van der Waals surface area contributed by atoms with Crippen LogP contribution in [0, 0.1) is 11.8 Å². The van der Waals surface area contributed by atoms with E-state index in [0.717, 1.165) is 13.1 Å². The van der Waals surface area contributed by atoms with Gasteiger partial charge in [0.05, 0.1) is 12.7 Å². The third-order valence-corrected chi connectivity index (χ3v) is 3.41. The molecule has 0 heterocycles. The molecular weight excluding hydrogens is 306 g/mol. The average Bonchev–Trinajstić information content (AvgIpc) is 2.51. The van der Waals surface area contributed by atoms with Gasteiger partial charge < -0.3 is 19.5 Å². The summed E-state index contributed by atoms with van der Waals surface area (Å²) in [7, 11) is 1.34. The average molecular weight is 337 g/mol. The molecule has 1 N–H and O–H groups in total. The van der Waals surface area contributed by atoms with Crippen molar-refractivity contribution in [3.63, 3.8) is 0 Å². The maximum atomic E-state index is 11.5. The van der Waals surface area contributed by atoms with Gasteiger partial charge in [0.25, 0.3) is 0 Å². The summed E-state index contributed by atoms with van der Waals surface area (Å²) in [6.07, 6.45) is -0.579. The molecule has 0 bridgehead atoms. The molecule has 0 amide bonds. The van der Waals surface area contributed by atoms with Gasteiger partial charge in [0.1, 0.15) is 18.5 Å². The van der Waals surface area contributed by atoms with Gasteiger partial charge in [0.2, 0.25) is 0 Å². The molecule has 0 aliphatic heterocycles. The maximum absolute atomic E-state index is 11.5. The first-order valence-electron chi connectivity index (χ1n) is 8.53. The van der Waals surface area contributed by atoms with E-state index in [1.165, 1.54) is 7.11 Å². The van der Waals surface area contributed by atoms with Crippen molar-refractivity contribution in [3.8, 4) is 5.75 Å². The van der Waals surface area contributed by atoms with E-state index in [0.29, 0.717) is 29.7 Å². The molecule has 0 fully saturated rings. The zero-order chi connectivity index (χ0) is 18.1. The van der Waals surface area contributed by atoms with E-state index in [1.807, 2.05) is 0 Å². The molecule has 5 heteroatoms. The lowest BCUT2D eigenvalue weighted by atomic mass is 10.1. The third-order valence-electron chi connectivity index (χ3n) is 3.41. The number of hydrogen-bond donors (Lipinski definition) is 1. The summed E-state index contributed by atoms with van der Waals surface area (Å²) >= 11 is 0. The molecule has 24 heavy (non-hydrogen) atoms. The minimum atomic E-state index is -0.579. The Morgan fingerprint density at radius 3 is 2.29 bits per heavy atom. The number of nitrogens with zero attached hydrogens (tertiary/aromatic N) is 1. The van der Waals surface area contributed by atoms with Gasteiger partial charge in [-0.15, -0.1) is 0 Å². The summed E-state index contributed by atoms with van der Waals surface area (Å²) in [6.45, 7) is 11.4. The highest BCUT2D eigenvalue weighted by Crippen LogP contribution is 2.14. The van der Waals surface area contributed by atoms with Crippen LogP contribution in [0.3, 0.4) is 0 Å². The first-order chi connectivity index (χ1) is 11.3. The highest BCUT2D eigenvalue weighted by molar-refractivity contribution is 5.89. The SMILES string of the molecule is COC(=O)c1cccc(OC[C@@H](O)CN(CC(C)C)CC(C)C)c1. The minimum Gasteiger partial charge on any atom is -0.491 e. The highest BCUT2D eigenvalue weighted by Gasteiger charge is 2.15. The summed E-state index contributed by atoms with van der Waals surface area (Å²) < 4.78 is 10.3. The van der Waals surface area contributed by atoms with Crippen LogP contribution in [0.5, 0.6) is 5.75 Å². The minimum absolute atomic E-state index is 0.192. The molecular formula is C19H31NO4. The van der Waals surface area contributed by atoms with Crippen molar-refractivity contribution in [2.24, 2.45) is 11.8 Å². The zero-order valence-corrected chi connectivity index (χ0v) is 15.5. The Kier molecular flexibility index (Phi) is 8.79. The van der Waals surface area contributed by atoms with Crippen LogP contribution in [0.4, 0.5) is 0 Å². The predicted molar refractivity (Wildman–Crippen MR) is 95.4 cm³/mol. The van der Waals surface area contributed by atoms with Crippen LogP contribution >= 0.6 is 0 Å². The van der Waals surface area contributed by atoms with E-state index in [4.69, 9.17) is 9.47 Å². The van der Waals surface area contributed by atoms with Crippen LogP contribution in [0.15, 0.2) is 24.3 Å². The summed E-state index contributed by atoms with van der Waals surface area (Å²) in [6, 6.07) is 6.79. The molecule has 0 saturated carbocycles. The quantitative estimate of drug-likeness (QED) is 0.665. The monoisotopic (exact) mass is 337 g/mol. The molecule has 0 radical (unpaired) electrons. The molecule has 1 aromatic rings. The lowest BCUT2D eigenvalue weighted by Crippen LogP contribution is -2.39. The topological polar surface area (TPSA) is 59.0 Å². The van der Waals surface area contributed by atoms with Crippen LogP contribution in [0.2, 0.25) is 0 Å². The Morgan fingerprint density at radius 2 is 1.75 bits per heavy atom. The largest absolute Gasteiger partial charge is 0.491 e. The zero-order valence-electron chi connectivity index (χ0n) is 15.5. The number of methoxy groups -OCH3 is 1. The number of benzene rings is 1. The van der Waals surface area contributed by atoms with Crippen LogP contribution < -0.4 is 4.74 Å². The lowest BCUT2D eigenvalue weighted by Gasteiger charge is -2.28. The Labute approximate surface area is 145 Å². The van der Waals surface area contributed by atoms with Gasteiger partial charge in [-0.1, -0.05) is 33.8 Å². The Balaban J connectivity index is 2.54. The molecule has 0 unspecified atom stereocenters. The normalized spacial score (nSPS) is 12.7. The van der Waals surface area contributed by atoms with E-state index < -0.39 is 12.1 Å². The first kappa shape index (κ1) is 20.5. The summed E-state index contributed by atoms with van der Waals surface area (Å²) in [5, 5.41) is 10.3. The number of esters is 1. The van der Waals surface area contributed by atoms with Crippen LogP contribution in [0.25, 0.3) is 0 Å². The Morgan fingerprint density at radius 1 is 1.12 bits per heavy atom. The van der Waals surface area contributed by atoms with E-state index in [-0.39, 0.29) is 6.61 Å². The fourth-order valence-corrected chi connectivity index (χ4v) is 2.63. The summed E-state index contributed by atoms with van der Waals surface area (Å²) in [5.41, 5.74) is 0.436. The molecule has 5 nitrogen and oxygen atoms in total. The van der Waals surface area contributed by atoms with Crippen LogP contribution in [0.1, 0.15) is 38.1 Å². The summed E-state index contributed by atoms with van der Waals surface area (Å²) in [4.78, 5) is 13.8. The molecule has 0 spiro atoms. The number of carbonyl (C=O) groups is 1. The van der Waals surface area contributed by atoms with Crippen molar-refractivity contribution in [2.75, 3.05) is 33.4 Å². The first-order valence-corrected chi connectivity index (χ1v) is 8.53. The summed E-state index contributed by atoms with van der Waals surface area (Å²) in [5.74, 6) is 1.25. The van der Waals surface area contributed by atoms with Crippen molar-refractivity contribution in [1.82, 2.24) is 4.90 Å². The standard InChI is InChI=1S/C19H31NO4/c1-14(2)10-20(11-15(3)4)12-17(21)13-24-18-8-6-7-16(9-18)19(22)23-5/h6-9,14-15,17,21H,10-13H2,1-5H3/t17-/m0/s1. The molecule has 1 atom stereocenters. The second-order valence-electron chi connectivity index (χ2n) is 6.99. The third kappa shape index (κ3) is 7.79. The number of aliphatic hydroxyl groups excluding tert-OH is 1. The van der Waals surface area contributed by atoms with E-state index >= 15 is 0 Å². The molecule has 0 aliphatic carbocycles. The van der Waals surface area contributed by atoms with Crippen molar-refractivity contribution in [1.29, 1.82) is 0 Å². The second-order valence-corrected chi connectivity index (χ2v) is 6.99. The van der Waals surface area contributed by atoms with Gasteiger partial charge in [-0.05, 0) is 30.0 Å². The molecule has 1 rings (SSSR count). The molecule has 0 saturated heterocycles. The molecule has 0 aromatic heterocycles. The van der Waals surface area contributed by atoms with E-state index in [9.17, 15) is 9.90 Å². The molecule has 0 aliphatic rings. The maximum Gasteiger partial charge on any atom is 0.337 e. The fourth-order valence-electron chi connectivity index (χ4n) is 2.63. The number of ether oxygens (including phenoxy) is 2. The Hall–Kier alpha value is -1.59. The number of hydrogen-bond acceptors (Lipinski definition) is 5. The smallest absolute Gasteiger partial charge is 0.337 e. The van der Waals surface area contributed by atoms with Gasteiger partial charge in [0.15, 0.2) is 0 Å². The number of aliphatic hydroxyl groups is 1. The van der Waals surface area contributed by atoms with Crippen molar-refractivity contribution < 1.29 is 19.4 Å². The number of carbonyl (C=O) groups excluding carboxylic acids is 1. The Bertz CT molecular complexity index is 492.